The van der Waals surface area contributed by atoms with E-state index in [9.17, 15) is 0 Å². The lowest BCUT2D eigenvalue weighted by Gasteiger charge is -1.99. The van der Waals surface area contributed by atoms with E-state index in [1.54, 1.807) is 0 Å². The molecule has 0 saturated heterocycles. The van der Waals surface area contributed by atoms with Crippen molar-refractivity contribution in [2.24, 2.45) is 5.73 Å². The molecule has 0 aliphatic heterocycles. The van der Waals surface area contributed by atoms with Crippen LogP contribution in [-0.2, 0) is 4.12 Å². The van der Waals surface area contributed by atoms with Gasteiger partial charge in [0, 0.05) is 6.67 Å². The molecule has 0 aliphatic rings. The van der Waals surface area contributed by atoms with Crippen molar-refractivity contribution in [1.29, 1.82) is 0 Å². The molecule has 0 fully saturated rings. The summed E-state index contributed by atoms with van der Waals surface area (Å²) in [6, 6.07) is 1.29. The molecule has 0 radical (unpaired) electrons. The van der Waals surface area contributed by atoms with Crippen molar-refractivity contribution in [3.8, 4) is 0 Å². The van der Waals surface area contributed by atoms with Gasteiger partial charge in [-0.2, -0.15) is 0 Å². The summed E-state index contributed by atoms with van der Waals surface area (Å²) in [7, 11) is 0.800. The molecule has 3 N–H and O–H groups in total. The van der Waals surface area contributed by atoms with Crippen molar-refractivity contribution in [3.05, 3.63) is 0 Å². The fourth-order valence-corrected chi connectivity index (χ4v) is 2.21. The Balaban J connectivity index is 2.60. The van der Waals surface area contributed by atoms with Gasteiger partial charge in [0.2, 0.25) is 0 Å². The first-order valence-corrected chi connectivity index (χ1v) is 5.71. The molecule has 0 aromatic carbocycles. The minimum absolute atomic E-state index is 0.125. The van der Waals surface area contributed by atoms with Crippen molar-refractivity contribution in [1.82, 2.24) is 5.32 Å². The van der Waals surface area contributed by atoms with Crippen LogP contribution < -0.4 is 11.1 Å². The molecule has 5 heteroatoms. The summed E-state index contributed by atoms with van der Waals surface area (Å²) in [5.41, 5.74) is 5.22. The van der Waals surface area contributed by atoms with Gasteiger partial charge in [-0.25, -0.2) is 0 Å². The first-order valence-electron chi connectivity index (χ1n) is 3.31. The van der Waals surface area contributed by atoms with E-state index in [4.69, 9.17) is 9.85 Å². The molecule has 0 saturated carbocycles. The van der Waals surface area contributed by atoms with Gasteiger partial charge in [-0.1, -0.05) is 0 Å². The van der Waals surface area contributed by atoms with Crippen LogP contribution in [0.1, 0.15) is 6.42 Å². The number of rotatable bonds is 6. The molecule has 9 heavy (non-hydrogen) atoms. The van der Waals surface area contributed by atoms with Crippen LogP contribution in [0.3, 0.4) is 0 Å². The molecule has 0 aromatic heterocycles. The molecule has 0 amide bonds. The molecule has 0 rings (SSSR count). The van der Waals surface area contributed by atoms with Gasteiger partial charge in [0.25, 0.3) is 0 Å². The zero-order valence-corrected chi connectivity index (χ0v) is 9.44. The summed E-state index contributed by atoms with van der Waals surface area (Å²) >= 11 is 0. The fraction of sp³-hybridized carbons (Fsp3) is 1.00. The summed E-state index contributed by atoms with van der Waals surface area (Å²) in [6.45, 7) is 1.65. The molecular formula is C4H16N2OSi2. The smallest absolute Gasteiger partial charge is 0.145 e. The quantitative estimate of drug-likeness (QED) is 0.263. The lowest BCUT2D eigenvalue weighted by Crippen LogP contribution is -2.23. The molecule has 0 spiro atoms. The molecule has 0 heterocycles. The molecule has 0 atom stereocenters. The second kappa shape index (κ2) is 8.31. The Bertz CT molecular complexity index is 49.8. The van der Waals surface area contributed by atoms with Crippen LogP contribution in [0.25, 0.3) is 0 Å². The third-order valence-electron chi connectivity index (χ3n) is 1.10. The van der Waals surface area contributed by atoms with E-state index in [-0.39, 0.29) is 9.76 Å². The van der Waals surface area contributed by atoms with Crippen LogP contribution in [-0.4, -0.2) is 33.5 Å². The zero-order valence-electron chi connectivity index (χ0n) is 6.02. The Morgan fingerprint density at radius 2 is 2.44 bits per heavy atom. The van der Waals surface area contributed by atoms with Gasteiger partial charge < -0.3 is 15.2 Å². The largest absolute Gasteiger partial charge is 0.468 e. The number of nitrogens with one attached hydrogen (secondary N) is 1. The second-order valence-electron chi connectivity index (χ2n) is 1.90. The summed E-state index contributed by atoms with van der Waals surface area (Å²) in [4.78, 5) is 0. The first kappa shape index (κ1) is 9.31. The SMILES string of the molecule is NCNCCC[SiH2]O[SiH3]. The number of nitrogens with two attached hydrogens (primary N) is 1. The van der Waals surface area contributed by atoms with Gasteiger partial charge in [-0.15, -0.1) is 0 Å². The van der Waals surface area contributed by atoms with Gasteiger partial charge >= 0.3 is 0 Å². The molecule has 0 aromatic rings. The minimum Gasteiger partial charge on any atom is -0.468 e. The Hall–Kier alpha value is 0.314. The third-order valence-corrected chi connectivity index (χ3v) is 3.52. The molecule has 0 unspecified atom stereocenters. The van der Waals surface area contributed by atoms with Crippen LogP contribution in [0.4, 0.5) is 0 Å². The van der Waals surface area contributed by atoms with E-state index in [1.165, 1.54) is 12.5 Å². The van der Waals surface area contributed by atoms with Crippen molar-refractivity contribution in [2.75, 3.05) is 13.2 Å². The van der Waals surface area contributed by atoms with E-state index in [2.05, 4.69) is 5.32 Å². The molecular weight excluding hydrogens is 148 g/mol. The number of hydrogen-bond donors (Lipinski definition) is 2. The summed E-state index contributed by atoms with van der Waals surface area (Å²) in [5, 5.41) is 3.06. The van der Waals surface area contributed by atoms with E-state index < -0.39 is 0 Å². The summed E-state index contributed by atoms with van der Waals surface area (Å²) in [5.74, 6) is 0. The van der Waals surface area contributed by atoms with Gasteiger partial charge in [0.15, 0.2) is 0 Å². The highest BCUT2D eigenvalue weighted by Gasteiger charge is 1.85. The first-order chi connectivity index (χ1) is 4.41. The van der Waals surface area contributed by atoms with Crippen molar-refractivity contribution >= 4 is 20.2 Å². The van der Waals surface area contributed by atoms with E-state index >= 15 is 0 Å². The van der Waals surface area contributed by atoms with Crippen LogP contribution in [0, 0.1) is 0 Å². The summed E-state index contributed by atoms with van der Waals surface area (Å²) in [6.07, 6.45) is 1.23. The Morgan fingerprint density at radius 1 is 1.67 bits per heavy atom. The van der Waals surface area contributed by atoms with E-state index in [0.29, 0.717) is 6.67 Å². The maximum Gasteiger partial charge on any atom is 0.145 e. The standard InChI is InChI=1S/C4H16N2OSi2/c5-4-6-2-1-3-9-7-8/h6H,1-5,9H2,8H3. The highest BCUT2D eigenvalue weighted by molar-refractivity contribution is 6.34. The second-order valence-corrected chi connectivity index (χ2v) is 5.33. The predicted octanol–water partition coefficient (Wildman–Crippen LogP) is -2.32. The van der Waals surface area contributed by atoms with Crippen LogP contribution in [0.2, 0.25) is 6.04 Å². The van der Waals surface area contributed by atoms with Crippen LogP contribution in [0.15, 0.2) is 0 Å². The van der Waals surface area contributed by atoms with Gasteiger partial charge in [-0.05, 0) is 19.0 Å². The molecule has 0 aliphatic carbocycles. The Morgan fingerprint density at radius 3 is 3.00 bits per heavy atom. The molecule has 3 nitrogen and oxygen atoms in total. The van der Waals surface area contributed by atoms with Gasteiger partial charge in [0.1, 0.15) is 20.2 Å². The topological polar surface area (TPSA) is 47.3 Å². The van der Waals surface area contributed by atoms with Crippen LogP contribution >= 0.6 is 0 Å². The Kier molecular flexibility index (Phi) is 8.60. The fourth-order valence-electron chi connectivity index (χ4n) is 0.598. The highest BCUT2D eigenvalue weighted by Crippen LogP contribution is 1.84. The monoisotopic (exact) mass is 164 g/mol. The van der Waals surface area contributed by atoms with Crippen molar-refractivity contribution in [2.45, 2.75) is 12.5 Å². The third kappa shape index (κ3) is 8.31. The lowest BCUT2D eigenvalue weighted by atomic mass is 10.5. The van der Waals surface area contributed by atoms with Crippen molar-refractivity contribution in [3.63, 3.8) is 0 Å². The normalized spacial score (nSPS) is 11.7. The maximum atomic E-state index is 5.22. The molecule has 0 bridgehead atoms. The summed E-state index contributed by atoms with van der Waals surface area (Å²) < 4.78 is 5.14. The average molecular weight is 164 g/mol. The zero-order chi connectivity index (χ0) is 6.95. The van der Waals surface area contributed by atoms with Gasteiger partial charge in [-0.3, -0.25) is 0 Å². The lowest BCUT2D eigenvalue weighted by molar-refractivity contribution is 0.637. The van der Waals surface area contributed by atoms with Gasteiger partial charge in [0.05, 0.1) is 0 Å². The average Bonchev–Trinajstić information content (AvgIpc) is 1.89. The number of hydrogen-bond acceptors (Lipinski definition) is 3. The maximum absolute atomic E-state index is 5.22. The molecule has 56 valence electrons. The van der Waals surface area contributed by atoms with Crippen molar-refractivity contribution < 1.29 is 4.12 Å². The van der Waals surface area contributed by atoms with Crippen LogP contribution in [0.5, 0.6) is 0 Å². The van der Waals surface area contributed by atoms with E-state index in [1.807, 2.05) is 0 Å². The minimum atomic E-state index is -0.125. The predicted molar refractivity (Wildman–Crippen MR) is 46.0 cm³/mol. The van der Waals surface area contributed by atoms with E-state index in [0.717, 1.165) is 17.0 Å². The Labute approximate surface area is 61.8 Å². The highest BCUT2D eigenvalue weighted by atomic mass is 28.3.